The van der Waals surface area contributed by atoms with E-state index >= 15 is 0 Å². The minimum Gasteiger partial charge on any atom is -0.324 e. The molecule has 0 saturated carbocycles. The quantitative estimate of drug-likeness (QED) is 0.890. The monoisotopic (exact) mass is 249 g/mol. The molecule has 0 radical (unpaired) electrons. The Bertz CT molecular complexity index is 558. The molecule has 1 heterocycles. The standard InChI is InChI=1S/C13H16ClN3/c1-8-4-5-10(6-9(8)2)12-13(14)17(3)11(7-15)16-12/h4-6H,7,15H2,1-3H3. The maximum absolute atomic E-state index is 6.26. The molecule has 0 aliphatic carbocycles. The molecule has 90 valence electrons. The van der Waals surface area contributed by atoms with E-state index in [9.17, 15) is 0 Å². The first-order valence-corrected chi connectivity index (χ1v) is 5.91. The van der Waals surface area contributed by atoms with Gasteiger partial charge in [-0.15, -0.1) is 0 Å². The maximum atomic E-state index is 6.26. The first-order valence-electron chi connectivity index (χ1n) is 5.53. The van der Waals surface area contributed by atoms with Gasteiger partial charge in [0, 0.05) is 12.6 Å². The molecule has 0 bridgehead atoms. The van der Waals surface area contributed by atoms with E-state index in [1.54, 1.807) is 0 Å². The molecule has 0 unspecified atom stereocenters. The summed E-state index contributed by atoms with van der Waals surface area (Å²) in [5.41, 5.74) is 9.96. The average Bonchev–Trinajstić information content (AvgIpc) is 2.60. The van der Waals surface area contributed by atoms with E-state index in [1.165, 1.54) is 11.1 Å². The third-order valence-electron chi connectivity index (χ3n) is 3.08. The Hall–Kier alpha value is -1.32. The molecule has 0 aliphatic rings. The third-order valence-corrected chi connectivity index (χ3v) is 3.51. The van der Waals surface area contributed by atoms with Crippen molar-refractivity contribution < 1.29 is 0 Å². The second-order valence-corrected chi connectivity index (χ2v) is 4.59. The number of hydrogen-bond donors (Lipinski definition) is 1. The van der Waals surface area contributed by atoms with Gasteiger partial charge in [0.1, 0.15) is 16.7 Å². The van der Waals surface area contributed by atoms with E-state index in [0.717, 1.165) is 17.1 Å². The summed E-state index contributed by atoms with van der Waals surface area (Å²) in [7, 11) is 1.88. The number of nitrogens with two attached hydrogens (primary N) is 1. The second-order valence-electron chi connectivity index (χ2n) is 4.23. The fourth-order valence-electron chi connectivity index (χ4n) is 1.78. The Kier molecular flexibility index (Phi) is 3.22. The van der Waals surface area contributed by atoms with Crippen LogP contribution < -0.4 is 5.73 Å². The van der Waals surface area contributed by atoms with Crippen LogP contribution in [-0.4, -0.2) is 9.55 Å². The van der Waals surface area contributed by atoms with Crippen LogP contribution in [0.1, 0.15) is 17.0 Å². The largest absolute Gasteiger partial charge is 0.324 e. The van der Waals surface area contributed by atoms with Crippen molar-refractivity contribution in [3.8, 4) is 11.3 Å². The number of rotatable bonds is 2. The van der Waals surface area contributed by atoms with Crippen LogP contribution in [0.15, 0.2) is 18.2 Å². The van der Waals surface area contributed by atoms with Gasteiger partial charge in [-0.1, -0.05) is 23.7 Å². The molecular formula is C13H16ClN3. The van der Waals surface area contributed by atoms with Crippen molar-refractivity contribution in [2.24, 2.45) is 12.8 Å². The molecule has 4 heteroatoms. The second kappa shape index (κ2) is 4.51. The van der Waals surface area contributed by atoms with Gasteiger partial charge in [0.25, 0.3) is 0 Å². The van der Waals surface area contributed by atoms with E-state index < -0.39 is 0 Å². The van der Waals surface area contributed by atoms with Crippen LogP contribution in [0.4, 0.5) is 0 Å². The van der Waals surface area contributed by atoms with Crippen LogP contribution in [0.25, 0.3) is 11.3 Å². The lowest BCUT2D eigenvalue weighted by molar-refractivity contribution is 0.794. The molecule has 3 nitrogen and oxygen atoms in total. The first-order chi connectivity index (χ1) is 8.04. The molecule has 0 aliphatic heterocycles. The Morgan fingerprint density at radius 3 is 2.53 bits per heavy atom. The van der Waals surface area contributed by atoms with Crippen LogP contribution in [0, 0.1) is 13.8 Å². The molecule has 0 fully saturated rings. The summed E-state index contributed by atoms with van der Waals surface area (Å²) in [6.45, 7) is 4.56. The minimum absolute atomic E-state index is 0.390. The van der Waals surface area contributed by atoms with Gasteiger partial charge >= 0.3 is 0 Å². The SMILES string of the molecule is Cc1ccc(-c2nc(CN)n(C)c2Cl)cc1C. The summed E-state index contributed by atoms with van der Waals surface area (Å²) in [6.07, 6.45) is 0. The van der Waals surface area contributed by atoms with Gasteiger partial charge in [-0.05, 0) is 31.0 Å². The van der Waals surface area contributed by atoms with Crippen LogP contribution >= 0.6 is 11.6 Å². The molecule has 0 amide bonds. The highest BCUT2D eigenvalue weighted by Gasteiger charge is 2.13. The molecule has 0 saturated heterocycles. The fourth-order valence-corrected chi connectivity index (χ4v) is 2.03. The van der Waals surface area contributed by atoms with E-state index in [1.807, 2.05) is 17.7 Å². The molecule has 0 atom stereocenters. The van der Waals surface area contributed by atoms with Crippen molar-refractivity contribution in [3.63, 3.8) is 0 Å². The molecule has 1 aromatic carbocycles. The number of imidazole rings is 1. The number of benzene rings is 1. The Balaban J connectivity index is 2.56. The molecule has 0 spiro atoms. The maximum Gasteiger partial charge on any atom is 0.136 e. The third kappa shape index (κ3) is 2.08. The Labute approximate surface area is 106 Å². The Morgan fingerprint density at radius 2 is 2.00 bits per heavy atom. The molecule has 1 aromatic heterocycles. The van der Waals surface area contributed by atoms with Crippen molar-refractivity contribution in [1.82, 2.24) is 9.55 Å². The number of hydrogen-bond acceptors (Lipinski definition) is 2. The van der Waals surface area contributed by atoms with E-state index in [4.69, 9.17) is 17.3 Å². The number of halogens is 1. The summed E-state index contributed by atoms with van der Waals surface area (Å²) >= 11 is 6.26. The highest BCUT2D eigenvalue weighted by atomic mass is 35.5. The van der Waals surface area contributed by atoms with Crippen LogP contribution in [0.3, 0.4) is 0 Å². The molecule has 17 heavy (non-hydrogen) atoms. The summed E-state index contributed by atoms with van der Waals surface area (Å²) < 4.78 is 1.83. The van der Waals surface area contributed by atoms with Gasteiger partial charge in [-0.2, -0.15) is 0 Å². The number of aryl methyl sites for hydroxylation is 2. The molecule has 2 aromatic rings. The van der Waals surface area contributed by atoms with Crippen molar-refractivity contribution in [3.05, 3.63) is 40.3 Å². The fraction of sp³-hybridized carbons (Fsp3) is 0.308. The number of aromatic nitrogens is 2. The van der Waals surface area contributed by atoms with Crippen molar-refractivity contribution in [2.75, 3.05) is 0 Å². The molecule has 2 N–H and O–H groups in total. The predicted molar refractivity (Wildman–Crippen MR) is 71.0 cm³/mol. The molecule has 2 rings (SSSR count). The summed E-state index contributed by atoms with van der Waals surface area (Å²) in [4.78, 5) is 4.47. The summed E-state index contributed by atoms with van der Waals surface area (Å²) in [5, 5.41) is 0.633. The van der Waals surface area contributed by atoms with Crippen LogP contribution in [0.5, 0.6) is 0 Å². The van der Waals surface area contributed by atoms with E-state index in [2.05, 4.69) is 31.0 Å². The molecular weight excluding hydrogens is 234 g/mol. The van der Waals surface area contributed by atoms with E-state index in [-0.39, 0.29) is 0 Å². The van der Waals surface area contributed by atoms with Gasteiger partial charge in [-0.25, -0.2) is 4.98 Å². The number of nitrogens with zero attached hydrogens (tertiary/aromatic N) is 2. The van der Waals surface area contributed by atoms with Gasteiger partial charge in [0.2, 0.25) is 0 Å². The zero-order valence-corrected chi connectivity index (χ0v) is 11.0. The lowest BCUT2D eigenvalue weighted by atomic mass is 10.0. The minimum atomic E-state index is 0.390. The lowest BCUT2D eigenvalue weighted by Crippen LogP contribution is -2.04. The normalized spacial score (nSPS) is 10.9. The van der Waals surface area contributed by atoms with Gasteiger partial charge in [0.05, 0.1) is 6.54 Å². The summed E-state index contributed by atoms with van der Waals surface area (Å²) in [6, 6.07) is 6.22. The predicted octanol–water partition coefficient (Wildman–Crippen LogP) is 2.82. The van der Waals surface area contributed by atoms with Crippen molar-refractivity contribution in [2.45, 2.75) is 20.4 Å². The Morgan fingerprint density at radius 1 is 1.29 bits per heavy atom. The zero-order valence-electron chi connectivity index (χ0n) is 10.3. The first kappa shape index (κ1) is 12.1. The lowest BCUT2D eigenvalue weighted by Gasteiger charge is -2.03. The van der Waals surface area contributed by atoms with Gasteiger partial charge < -0.3 is 10.3 Å². The smallest absolute Gasteiger partial charge is 0.136 e. The van der Waals surface area contributed by atoms with Crippen LogP contribution in [0.2, 0.25) is 5.15 Å². The van der Waals surface area contributed by atoms with Crippen LogP contribution in [-0.2, 0) is 13.6 Å². The van der Waals surface area contributed by atoms with Gasteiger partial charge in [0.15, 0.2) is 0 Å². The zero-order chi connectivity index (χ0) is 12.6. The topological polar surface area (TPSA) is 43.8 Å². The highest BCUT2D eigenvalue weighted by molar-refractivity contribution is 6.32. The van der Waals surface area contributed by atoms with Crippen molar-refractivity contribution >= 4 is 11.6 Å². The van der Waals surface area contributed by atoms with Crippen molar-refractivity contribution in [1.29, 1.82) is 0 Å². The average molecular weight is 250 g/mol. The summed E-state index contributed by atoms with van der Waals surface area (Å²) in [5.74, 6) is 0.795. The highest BCUT2D eigenvalue weighted by Crippen LogP contribution is 2.28. The van der Waals surface area contributed by atoms with Gasteiger partial charge in [-0.3, -0.25) is 0 Å². The van der Waals surface area contributed by atoms with E-state index in [0.29, 0.717) is 11.7 Å².